The Balaban J connectivity index is 2.64. The number of amides is 1. The number of carboxylic acid groups (broad SMARTS) is 1. The maximum Gasteiger partial charge on any atom is 0.394 e. The van der Waals surface area contributed by atoms with Gasteiger partial charge < -0.3 is 15.2 Å². The van der Waals surface area contributed by atoms with Gasteiger partial charge in [-0.25, -0.2) is 4.79 Å². The van der Waals surface area contributed by atoms with Crippen LogP contribution in [0.4, 0.5) is 0 Å². The van der Waals surface area contributed by atoms with E-state index in [1.165, 1.54) is 0 Å². The zero-order valence-electron chi connectivity index (χ0n) is 9.20. The number of hydrogen-bond acceptors (Lipinski definition) is 3. The van der Waals surface area contributed by atoms with E-state index in [4.69, 9.17) is 21.4 Å². The summed E-state index contributed by atoms with van der Waals surface area (Å²) in [6, 6.07) is 5.00. The molecule has 1 rings (SSSR count). The van der Waals surface area contributed by atoms with E-state index < -0.39 is 11.9 Å². The van der Waals surface area contributed by atoms with Gasteiger partial charge in [-0.3, -0.25) is 4.79 Å². The number of benzene rings is 1. The van der Waals surface area contributed by atoms with Crippen molar-refractivity contribution in [3.63, 3.8) is 0 Å². The Kier molecular flexibility index (Phi) is 4.78. The van der Waals surface area contributed by atoms with Crippen molar-refractivity contribution in [3.8, 4) is 5.75 Å². The lowest BCUT2D eigenvalue weighted by molar-refractivity contribution is -0.150. The fraction of sp³-hybridized carbons (Fsp3) is 0.273. The first-order chi connectivity index (χ1) is 8.04. The van der Waals surface area contributed by atoms with Gasteiger partial charge in [0.1, 0.15) is 5.75 Å². The highest BCUT2D eigenvalue weighted by Gasteiger charge is 2.10. The lowest BCUT2D eigenvalue weighted by Gasteiger charge is -2.08. The molecular formula is C11H12ClNO4. The number of halogens is 1. The summed E-state index contributed by atoms with van der Waals surface area (Å²) in [7, 11) is 0. The van der Waals surface area contributed by atoms with Gasteiger partial charge >= 0.3 is 11.9 Å². The van der Waals surface area contributed by atoms with Gasteiger partial charge in [0, 0.05) is 6.54 Å². The van der Waals surface area contributed by atoms with Gasteiger partial charge in [-0.15, -0.1) is 0 Å². The number of ether oxygens (including phenoxy) is 1. The van der Waals surface area contributed by atoms with Crippen LogP contribution in [0.2, 0.25) is 5.02 Å². The number of carboxylic acids is 1. The molecule has 0 unspecified atom stereocenters. The van der Waals surface area contributed by atoms with Crippen molar-refractivity contribution in [3.05, 3.63) is 28.8 Å². The molecule has 0 aromatic heterocycles. The second-order valence-corrected chi connectivity index (χ2v) is 3.59. The number of carbonyl (C=O) groups is 2. The summed E-state index contributed by atoms with van der Waals surface area (Å²) in [5.41, 5.74) is 0.702. The highest BCUT2D eigenvalue weighted by atomic mass is 35.5. The van der Waals surface area contributed by atoms with Gasteiger partial charge in [0.25, 0.3) is 0 Å². The largest absolute Gasteiger partial charge is 0.492 e. The standard InChI is InChI=1S/C11H12ClNO4/c1-2-17-9-4-3-7(5-8(9)12)6-13-10(14)11(15)16/h3-5H,2,6H2,1H3,(H,13,14)(H,15,16). The molecule has 0 aliphatic carbocycles. The summed E-state index contributed by atoms with van der Waals surface area (Å²) in [5, 5.41) is 11.0. The van der Waals surface area contributed by atoms with E-state index in [1.807, 2.05) is 6.92 Å². The molecule has 0 fully saturated rings. The Labute approximate surface area is 103 Å². The van der Waals surface area contributed by atoms with E-state index in [0.29, 0.717) is 22.9 Å². The SMILES string of the molecule is CCOc1ccc(CNC(=O)C(=O)O)cc1Cl. The van der Waals surface area contributed by atoms with Crippen LogP contribution in [0.25, 0.3) is 0 Å². The lowest BCUT2D eigenvalue weighted by atomic mass is 10.2. The Morgan fingerprint density at radius 3 is 2.71 bits per heavy atom. The molecule has 0 spiro atoms. The first-order valence-electron chi connectivity index (χ1n) is 4.97. The summed E-state index contributed by atoms with van der Waals surface area (Å²) < 4.78 is 5.24. The van der Waals surface area contributed by atoms with Crippen molar-refractivity contribution in [1.82, 2.24) is 5.32 Å². The van der Waals surface area contributed by atoms with Crippen LogP contribution in [0.1, 0.15) is 12.5 Å². The molecule has 17 heavy (non-hydrogen) atoms. The van der Waals surface area contributed by atoms with Crippen LogP contribution in [0.5, 0.6) is 5.75 Å². The van der Waals surface area contributed by atoms with Crippen LogP contribution in [0.3, 0.4) is 0 Å². The molecule has 6 heteroatoms. The van der Waals surface area contributed by atoms with Crippen molar-refractivity contribution >= 4 is 23.5 Å². The van der Waals surface area contributed by atoms with Gasteiger partial charge in [-0.2, -0.15) is 0 Å². The van der Waals surface area contributed by atoms with Crippen LogP contribution in [-0.4, -0.2) is 23.6 Å². The second kappa shape index (κ2) is 6.10. The first kappa shape index (κ1) is 13.3. The van der Waals surface area contributed by atoms with Crippen LogP contribution in [-0.2, 0) is 16.1 Å². The second-order valence-electron chi connectivity index (χ2n) is 3.19. The Morgan fingerprint density at radius 1 is 1.47 bits per heavy atom. The van der Waals surface area contributed by atoms with Gasteiger partial charge in [0.15, 0.2) is 0 Å². The topological polar surface area (TPSA) is 75.6 Å². The summed E-state index contributed by atoms with van der Waals surface area (Å²) in [5.74, 6) is -2.00. The minimum atomic E-state index is -1.51. The molecule has 92 valence electrons. The van der Waals surface area contributed by atoms with E-state index in [0.717, 1.165) is 0 Å². The van der Waals surface area contributed by atoms with Crippen molar-refractivity contribution in [2.75, 3.05) is 6.61 Å². The monoisotopic (exact) mass is 257 g/mol. The molecule has 0 aliphatic heterocycles. The minimum Gasteiger partial charge on any atom is -0.492 e. The zero-order chi connectivity index (χ0) is 12.8. The average Bonchev–Trinajstić information content (AvgIpc) is 2.29. The van der Waals surface area contributed by atoms with Crippen LogP contribution in [0, 0.1) is 0 Å². The molecule has 0 saturated carbocycles. The van der Waals surface area contributed by atoms with E-state index in [2.05, 4.69) is 5.32 Å². The quantitative estimate of drug-likeness (QED) is 0.801. The van der Waals surface area contributed by atoms with E-state index in [1.54, 1.807) is 18.2 Å². The molecule has 1 aromatic carbocycles. The third kappa shape index (κ3) is 3.96. The predicted octanol–water partition coefficient (Wildman–Crippen LogP) is 1.44. The third-order valence-electron chi connectivity index (χ3n) is 1.94. The molecule has 1 aromatic rings. The fourth-order valence-corrected chi connectivity index (χ4v) is 1.44. The molecular weight excluding hydrogens is 246 g/mol. The Bertz CT molecular complexity index is 433. The summed E-state index contributed by atoms with van der Waals surface area (Å²) in [6.07, 6.45) is 0. The molecule has 0 atom stereocenters. The van der Waals surface area contributed by atoms with Crippen molar-refractivity contribution in [2.24, 2.45) is 0 Å². The molecule has 0 bridgehead atoms. The average molecular weight is 258 g/mol. The smallest absolute Gasteiger partial charge is 0.394 e. The number of hydrogen-bond donors (Lipinski definition) is 2. The molecule has 1 amide bonds. The normalized spacial score (nSPS) is 9.76. The first-order valence-corrected chi connectivity index (χ1v) is 5.34. The summed E-state index contributed by atoms with van der Waals surface area (Å²) >= 11 is 5.93. The number of nitrogens with one attached hydrogen (secondary N) is 1. The molecule has 5 nitrogen and oxygen atoms in total. The minimum absolute atomic E-state index is 0.108. The van der Waals surface area contributed by atoms with Crippen molar-refractivity contribution < 1.29 is 19.4 Å². The highest BCUT2D eigenvalue weighted by Crippen LogP contribution is 2.25. The fourth-order valence-electron chi connectivity index (χ4n) is 1.18. The van der Waals surface area contributed by atoms with E-state index >= 15 is 0 Å². The summed E-state index contributed by atoms with van der Waals surface area (Å²) in [6.45, 7) is 2.46. The van der Waals surface area contributed by atoms with Crippen molar-refractivity contribution in [2.45, 2.75) is 13.5 Å². The maximum atomic E-state index is 10.8. The van der Waals surface area contributed by atoms with Gasteiger partial charge in [-0.1, -0.05) is 17.7 Å². The Morgan fingerprint density at radius 2 is 2.18 bits per heavy atom. The van der Waals surface area contributed by atoms with E-state index in [-0.39, 0.29) is 6.54 Å². The molecule has 0 radical (unpaired) electrons. The molecule has 0 heterocycles. The lowest BCUT2D eigenvalue weighted by Crippen LogP contribution is -2.30. The van der Waals surface area contributed by atoms with Gasteiger partial charge in [-0.05, 0) is 24.6 Å². The number of aliphatic carboxylic acids is 1. The van der Waals surface area contributed by atoms with Crippen molar-refractivity contribution in [1.29, 1.82) is 0 Å². The summed E-state index contributed by atoms with van der Waals surface area (Å²) in [4.78, 5) is 21.1. The van der Waals surface area contributed by atoms with Crippen LogP contribution >= 0.6 is 11.6 Å². The van der Waals surface area contributed by atoms with Gasteiger partial charge in [0.2, 0.25) is 0 Å². The van der Waals surface area contributed by atoms with Crippen LogP contribution in [0.15, 0.2) is 18.2 Å². The highest BCUT2D eigenvalue weighted by molar-refractivity contribution is 6.32. The number of rotatable bonds is 4. The Hall–Kier alpha value is -1.75. The predicted molar refractivity (Wildman–Crippen MR) is 62.1 cm³/mol. The molecule has 0 saturated heterocycles. The third-order valence-corrected chi connectivity index (χ3v) is 2.24. The zero-order valence-corrected chi connectivity index (χ0v) is 9.95. The van der Waals surface area contributed by atoms with E-state index in [9.17, 15) is 9.59 Å². The maximum absolute atomic E-state index is 10.8. The molecule has 2 N–H and O–H groups in total. The molecule has 0 aliphatic rings. The number of carbonyl (C=O) groups excluding carboxylic acids is 1. The van der Waals surface area contributed by atoms with Crippen LogP contribution < -0.4 is 10.1 Å². The van der Waals surface area contributed by atoms with Gasteiger partial charge in [0.05, 0.1) is 11.6 Å².